The standard InChI is InChI=1S/C27H29ClN6O/c1-19(2)18-32-12-14-33(15-13-32)25-9-4-3-8-23(25)31-27(35)24-10-11-34-26(30-24)22(17-29-34)20-6-5-7-21(28)16-20/h3-11,16-17,19H,12-15,18H2,1-2H3,(H,31,35). The molecule has 1 fully saturated rings. The highest BCUT2D eigenvalue weighted by atomic mass is 35.5. The minimum absolute atomic E-state index is 0.253. The van der Waals surface area contributed by atoms with Gasteiger partial charge in [-0.05, 0) is 41.8 Å². The molecule has 180 valence electrons. The van der Waals surface area contributed by atoms with Gasteiger partial charge in [0.25, 0.3) is 5.91 Å². The van der Waals surface area contributed by atoms with E-state index in [1.165, 1.54) is 0 Å². The Bertz CT molecular complexity index is 1340. The summed E-state index contributed by atoms with van der Waals surface area (Å²) < 4.78 is 1.66. The lowest BCUT2D eigenvalue weighted by atomic mass is 10.1. The second kappa shape index (κ2) is 10.1. The largest absolute Gasteiger partial charge is 0.367 e. The van der Waals surface area contributed by atoms with E-state index in [1.807, 2.05) is 42.5 Å². The summed E-state index contributed by atoms with van der Waals surface area (Å²) in [5, 5.41) is 8.10. The fourth-order valence-electron chi connectivity index (χ4n) is 4.58. The zero-order chi connectivity index (χ0) is 24.4. The van der Waals surface area contributed by atoms with E-state index in [0.717, 1.165) is 55.2 Å². The van der Waals surface area contributed by atoms with Crippen molar-refractivity contribution < 1.29 is 4.79 Å². The van der Waals surface area contributed by atoms with Crippen LogP contribution in [0.25, 0.3) is 16.8 Å². The fourth-order valence-corrected chi connectivity index (χ4v) is 4.77. The lowest BCUT2D eigenvalue weighted by Crippen LogP contribution is -2.47. The summed E-state index contributed by atoms with van der Waals surface area (Å²) in [6.07, 6.45) is 3.50. The summed E-state index contributed by atoms with van der Waals surface area (Å²) in [4.78, 5) is 22.7. The maximum absolute atomic E-state index is 13.2. The fraction of sp³-hybridized carbons (Fsp3) is 0.296. The third-order valence-corrected chi connectivity index (χ3v) is 6.46. The van der Waals surface area contributed by atoms with Crippen LogP contribution in [0.15, 0.2) is 67.0 Å². The van der Waals surface area contributed by atoms with Crippen molar-refractivity contribution in [2.75, 3.05) is 42.9 Å². The number of carbonyl (C=O) groups excluding carboxylic acids is 1. The topological polar surface area (TPSA) is 65.8 Å². The number of para-hydroxylation sites is 2. The third kappa shape index (κ3) is 5.16. The first kappa shape index (κ1) is 23.3. The number of benzene rings is 2. The van der Waals surface area contributed by atoms with E-state index in [4.69, 9.17) is 11.6 Å². The number of nitrogens with zero attached hydrogens (tertiary/aromatic N) is 5. The van der Waals surface area contributed by atoms with Gasteiger partial charge in [-0.1, -0.05) is 49.7 Å². The van der Waals surface area contributed by atoms with Crippen LogP contribution in [0, 0.1) is 5.92 Å². The van der Waals surface area contributed by atoms with Gasteiger partial charge in [-0.15, -0.1) is 0 Å². The van der Waals surface area contributed by atoms with Crippen molar-refractivity contribution in [3.63, 3.8) is 0 Å². The molecular formula is C27H29ClN6O. The zero-order valence-corrected chi connectivity index (χ0v) is 20.7. The molecule has 1 N–H and O–H groups in total. The predicted molar refractivity (Wildman–Crippen MR) is 141 cm³/mol. The first-order valence-corrected chi connectivity index (χ1v) is 12.3. The SMILES string of the molecule is CC(C)CN1CCN(c2ccccc2NC(=O)c2ccn3ncc(-c4cccc(Cl)c4)c3n2)CC1. The Labute approximate surface area is 210 Å². The zero-order valence-electron chi connectivity index (χ0n) is 20.0. The quantitative estimate of drug-likeness (QED) is 0.410. The highest BCUT2D eigenvalue weighted by Crippen LogP contribution is 2.28. The maximum atomic E-state index is 13.2. The molecule has 1 saturated heterocycles. The van der Waals surface area contributed by atoms with E-state index in [2.05, 4.69) is 45.1 Å². The maximum Gasteiger partial charge on any atom is 0.274 e. The minimum Gasteiger partial charge on any atom is -0.367 e. The van der Waals surface area contributed by atoms with Gasteiger partial charge in [0.15, 0.2) is 5.65 Å². The summed E-state index contributed by atoms with van der Waals surface area (Å²) in [6, 6.07) is 17.2. The highest BCUT2D eigenvalue weighted by molar-refractivity contribution is 6.30. The molecule has 7 nitrogen and oxygen atoms in total. The Morgan fingerprint density at radius 3 is 2.63 bits per heavy atom. The van der Waals surface area contributed by atoms with Crippen molar-refractivity contribution in [2.45, 2.75) is 13.8 Å². The summed E-state index contributed by atoms with van der Waals surface area (Å²) in [6.45, 7) is 9.53. The minimum atomic E-state index is -0.253. The Morgan fingerprint density at radius 1 is 1.06 bits per heavy atom. The average Bonchev–Trinajstić information content (AvgIpc) is 3.28. The van der Waals surface area contributed by atoms with Crippen molar-refractivity contribution in [1.82, 2.24) is 19.5 Å². The number of aromatic nitrogens is 3. The van der Waals surface area contributed by atoms with Gasteiger partial charge < -0.3 is 10.2 Å². The number of hydrogen-bond donors (Lipinski definition) is 1. The molecule has 2 aromatic carbocycles. The molecule has 0 atom stereocenters. The molecule has 0 bridgehead atoms. The van der Waals surface area contributed by atoms with Crippen LogP contribution < -0.4 is 10.2 Å². The van der Waals surface area contributed by atoms with Gasteiger partial charge >= 0.3 is 0 Å². The second-order valence-corrected chi connectivity index (χ2v) is 9.74. The number of amides is 1. The van der Waals surface area contributed by atoms with Gasteiger partial charge in [0.1, 0.15) is 5.69 Å². The van der Waals surface area contributed by atoms with Crippen molar-refractivity contribution in [3.8, 4) is 11.1 Å². The summed E-state index contributed by atoms with van der Waals surface area (Å²) >= 11 is 6.18. The second-order valence-electron chi connectivity index (χ2n) is 9.30. The van der Waals surface area contributed by atoms with Crippen LogP contribution >= 0.6 is 11.6 Å². The monoisotopic (exact) mass is 488 g/mol. The van der Waals surface area contributed by atoms with Crippen LogP contribution in [-0.2, 0) is 0 Å². The first-order valence-electron chi connectivity index (χ1n) is 12.0. The molecule has 0 unspecified atom stereocenters. The molecular weight excluding hydrogens is 460 g/mol. The molecule has 0 spiro atoms. The Morgan fingerprint density at radius 2 is 1.86 bits per heavy atom. The Kier molecular flexibility index (Phi) is 6.70. The molecule has 35 heavy (non-hydrogen) atoms. The van der Waals surface area contributed by atoms with Gasteiger partial charge in [0.05, 0.1) is 17.6 Å². The van der Waals surface area contributed by atoms with Gasteiger partial charge in [-0.2, -0.15) is 5.10 Å². The van der Waals surface area contributed by atoms with Crippen LogP contribution in [0.3, 0.4) is 0 Å². The van der Waals surface area contributed by atoms with Crippen molar-refractivity contribution in [1.29, 1.82) is 0 Å². The number of rotatable bonds is 6. The van der Waals surface area contributed by atoms with E-state index in [1.54, 1.807) is 23.0 Å². The van der Waals surface area contributed by atoms with Gasteiger partial charge in [-0.25, -0.2) is 9.50 Å². The Balaban J connectivity index is 1.36. The molecule has 0 radical (unpaired) electrons. The molecule has 3 heterocycles. The van der Waals surface area contributed by atoms with Crippen LogP contribution in [0.5, 0.6) is 0 Å². The number of piperazine rings is 1. The molecule has 2 aromatic heterocycles. The number of nitrogens with one attached hydrogen (secondary N) is 1. The number of anilines is 2. The smallest absolute Gasteiger partial charge is 0.274 e. The Hall–Kier alpha value is -3.42. The van der Waals surface area contributed by atoms with E-state index in [9.17, 15) is 4.79 Å². The molecule has 0 aliphatic carbocycles. The van der Waals surface area contributed by atoms with Crippen molar-refractivity contribution in [2.24, 2.45) is 5.92 Å². The number of hydrogen-bond acceptors (Lipinski definition) is 5. The molecule has 1 aliphatic heterocycles. The molecule has 8 heteroatoms. The lowest BCUT2D eigenvalue weighted by Gasteiger charge is -2.37. The third-order valence-electron chi connectivity index (χ3n) is 6.23. The summed E-state index contributed by atoms with van der Waals surface area (Å²) in [5.74, 6) is 0.407. The van der Waals surface area contributed by atoms with Crippen LogP contribution in [-0.4, -0.2) is 58.1 Å². The van der Waals surface area contributed by atoms with E-state index in [-0.39, 0.29) is 5.91 Å². The highest BCUT2D eigenvalue weighted by Gasteiger charge is 2.21. The molecule has 5 rings (SSSR count). The van der Waals surface area contributed by atoms with Gasteiger partial charge in [-0.3, -0.25) is 9.69 Å². The number of carbonyl (C=O) groups is 1. The molecule has 1 aliphatic rings. The van der Waals surface area contributed by atoms with E-state index < -0.39 is 0 Å². The van der Waals surface area contributed by atoms with Crippen molar-refractivity contribution >= 4 is 34.5 Å². The van der Waals surface area contributed by atoms with Crippen LogP contribution in [0.2, 0.25) is 5.02 Å². The van der Waals surface area contributed by atoms with E-state index in [0.29, 0.717) is 22.3 Å². The van der Waals surface area contributed by atoms with Gasteiger partial charge in [0.2, 0.25) is 0 Å². The van der Waals surface area contributed by atoms with E-state index >= 15 is 0 Å². The lowest BCUT2D eigenvalue weighted by molar-refractivity contribution is 0.102. The van der Waals surface area contributed by atoms with Crippen molar-refractivity contribution in [3.05, 3.63) is 77.7 Å². The first-order chi connectivity index (χ1) is 17.0. The number of fused-ring (bicyclic) bond motifs is 1. The molecule has 0 saturated carbocycles. The summed E-state index contributed by atoms with van der Waals surface area (Å²) in [5.41, 5.74) is 4.49. The van der Waals surface area contributed by atoms with Gasteiger partial charge in [0, 0.05) is 49.5 Å². The molecule has 4 aromatic rings. The normalized spacial score (nSPS) is 14.6. The summed E-state index contributed by atoms with van der Waals surface area (Å²) in [7, 11) is 0. The number of halogens is 1. The predicted octanol–water partition coefficient (Wildman–Crippen LogP) is 5.08. The molecule has 1 amide bonds. The average molecular weight is 489 g/mol. The van der Waals surface area contributed by atoms with Crippen LogP contribution in [0.4, 0.5) is 11.4 Å². The van der Waals surface area contributed by atoms with Crippen LogP contribution in [0.1, 0.15) is 24.3 Å².